The van der Waals surface area contributed by atoms with Crippen molar-refractivity contribution in [2.24, 2.45) is 0 Å². The molecule has 2 radical (unpaired) electrons. The molecule has 1 N–H and O–H groups in total. The zero-order chi connectivity index (χ0) is 21.0. The number of benzene rings is 2. The van der Waals surface area contributed by atoms with Crippen LogP contribution in [0.4, 0.5) is 0 Å². The molecule has 4 atom stereocenters. The van der Waals surface area contributed by atoms with E-state index in [1.807, 2.05) is 25.1 Å². The molecule has 4 nitrogen and oxygen atoms in total. The van der Waals surface area contributed by atoms with Crippen LogP contribution in [0.5, 0.6) is 5.75 Å². The summed E-state index contributed by atoms with van der Waals surface area (Å²) in [5.74, 6) is 0.843. The van der Waals surface area contributed by atoms with Crippen LogP contribution in [0.25, 0.3) is 0 Å². The molecule has 2 aromatic carbocycles. The van der Waals surface area contributed by atoms with Gasteiger partial charge in [0.15, 0.2) is 0 Å². The molecule has 2 aromatic rings. The van der Waals surface area contributed by atoms with Crippen LogP contribution < -0.4 is 9.92 Å². The fourth-order valence-corrected chi connectivity index (χ4v) is 5.41. The lowest BCUT2D eigenvalue weighted by molar-refractivity contribution is -0.0948. The minimum absolute atomic E-state index is 0.0768. The zero-order valence-electron chi connectivity index (χ0n) is 18.1. The Bertz CT molecular complexity index is 771. The van der Waals surface area contributed by atoms with Gasteiger partial charge in [-0.3, -0.25) is 4.90 Å². The molecule has 29 heavy (non-hydrogen) atoms. The SMILES string of the molecule is CC1CN(C(c2cccc(OC(C)(C)[Si]c3ccccc3)c2)C(C)O)CC(C)O1. The summed E-state index contributed by atoms with van der Waals surface area (Å²) in [5.41, 5.74) is 1.08. The number of hydrogen-bond acceptors (Lipinski definition) is 4. The second kappa shape index (κ2) is 9.43. The van der Waals surface area contributed by atoms with Gasteiger partial charge in [0.2, 0.25) is 0 Å². The van der Waals surface area contributed by atoms with Crippen LogP contribution in [0.2, 0.25) is 0 Å². The van der Waals surface area contributed by atoms with Gasteiger partial charge in [0.05, 0.1) is 29.6 Å². The molecule has 0 aliphatic carbocycles. The minimum atomic E-state index is -0.484. The molecule has 1 aliphatic rings. The van der Waals surface area contributed by atoms with Crippen molar-refractivity contribution in [2.75, 3.05) is 13.1 Å². The van der Waals surface area contributed by atoms with Crippen molar-refractivity contribution in [1.29, 1.82) is 0 Å². The summed E-state index contributed by atoms with van der Waals surface area (Å²) in [4.78, 5) is 2.33. The van der Waals surface area contributed by atoms with Gasteiger partial charge in [-0.15, -0.1) is 0 Å². The number of nitrogens with zero attached hydrogens (tertiary/aromatic N) is 1. The smallest absolute Gasteiger partial charge is 0.139 e. The number of hydrogen-bond donors (Lipinski definition) is 1. The van der Waals surface area contributed by atoms with Gasteiger partial charge in [-0.1, -0.05) is 47.7 Å². The molecule has 3 rings (SSSR count). The van der Waals surface area contributed by atoms with Crippen LogP contribution in [0.3, 0.4) is 0 Å². The predicted octanol–water partition coefficient (Wildman–Crippen LogP) is 3.36. The first kappa shape index (κ1) is 22.0. The molecule has 1 saturated heterocycles. The number of aliphatic hydroxyl groups excluding tert-OH is 1. The number of aliphatic hydroxyl groups is 1. The van der Waals surface area contributed by atoms with E-state index >= 15 is 0 Å². The highest BCUT2D eigenvalue weighted by atomic mass is 28.2. The molecule has 156 valence electrons. The normalized spacial score (nSPS) is 22.8. The average Bonchev–Trinajstić information content (AvgIpc) is 2.61. The third-order valence-corrected chi connectivity index (χ3v) is 6.42. The Kier molecular flexibility index (Phi) is 7.17. The van der Waals surface area contributed by atoms with Crippen molar-refractivity contribution in [3.05, 3.63) is 60.2 Å². The Labute approximate surface area is 177 Å². The highest BCUT2D eigenvalue weighted by Gasteiger charge is 2.32. The molecule has 4 unspecified atom stereocenters. The predicted molar refractivity (Wildman–Crippen MR) is 119 cm³/mol. The lowest BCUT2D eigenvalue weighted by atomic mass is 9.98. The van der Waals surface area contributed by atoms with Crippen LogP contribution in [0, 0.1) is 0 Å². The van der Waals surface area contributed by atoms with Gasteiger partial charge >= 0.3 is 0 Å². The standard InChI is InChI=1S/C24H33NO3Si/c1-17-15-25(16-18(2)27-17)23(19(3)26)20-10-9-11-21(14-20)28-24(4,5)29-22-12-7-6-8-13-22/h6-14,17-19,23,26H,15-16H2,1-5H3. The van der Waals surface area contributed by atoms with Crippen LogP contribution in [-0.2, 0) is 4.74 Å². The molecule has 0 amide bonds. The molecule has 1 heterocycles. The second-order valence-electron chi connectivity index (χ2n) is 8.57. The van der Waals surface area contributed by atoms with Gasteiger partial charge < -0.3 is 14.6 Å². The van der Waals surface area contributed by atoms with Gasteiger partial charge in [0, 0.05) is 13.1 Å². The number of morpholine rings is 1. The average molecular weight is 412 g/mol. The maximum absolute atomic E-state index is 10.6. The van der Waals surface area contributed by atoms with E-state index in [0.29, 0.717) is 9.52 Å². The van der Waals surface area contributed by atoms with Crippen molar-refractivity contribution in [3.63, 3.8) is 0 Å². The summed E-state index contributed by atoms with van der Waals surface area (Å²) in [6.45, 7) is 11.9. The van der Waals surface area contributed by atoms with Gasteiger partial charge in [-0.2, -0.15) is 0 Å². The van der Waals surface area contributed by atoms with Crippen LogP contribution >= 0.6 is 0 Å². The number of ether oxygens (including phenoxy) is 2. The Balaban J connectivity index is 1.78. The zero-order valence-corrected chi connectivity index (χ0v) is 19.1. The van der Waals surface area contributed by atoms with Gasteiger partial charge in [-0.05, 0) is 52.3 Å². The fourth-order valence-electron chi connectivity index (χ4n) is 4.19. The van der Waals surface area contributed by atoms with Crippen molar-refractivity contribution < 1.29 is 14.6 Å². The van der Waals surface area contributed by atoms with E-state index in [1.165, 1.54) is 5.19 Å². The third kappa shape index (κ3) is 6.16. The lowest BCUT2D eigenvalue weighted by Gasteiger charge is -2.41. The van der Waals surface area contributed by atoms with Crippen molar-refractivity contribution >= 4 is 14.7 Å². The van der Waals surface area contributed by atoms with Crippen molar-refractivity contribution in [3.8, 4) is 5.75 Å². The van der Waals surface area contributed by atoms with Crippen molar-refractivity contribution in [1.82, 2.24) is 4.90 Å². The molecule has 0 bridgehead atoms. The van der Waals surface area contributed by atoms with E-state index in [2.05, 4.69) is 69.0 Å². The third-order valence-electron chi connectivity index (χ3n) is 5.09. The molecule has 1 aliphatic heterocycles. The molecular weight excluding hydrogens is 378 g/mol. The molecule has 0 aromatic heterocycles. The summed E-state index contributed by atoms with van der Waals surface area (Å²) in [7, 11) is 0.543. The van der Waals surface area contributed by atoms with Gasteiger partial charge in [0.1, 0.15) is 15.3 Å². The van der Waals surface area contributed by atoms with E-state index in [4.69, 9.17) is 9.47 Å². The molecule has 1 fully saturated rings. The van der Waals surface area contributed by atoms with E-state index in [1.54, 1.807) is 0 Å². The molecule has 0 spiro atoms. The lowest BCUT2D eigenvalue weighted by Crippen LogP contribution is -2.49. The van der Waals surface area contributed by atoms with Crippen molar-refractivity contribution in [2.45, 2.75) is 64.2 Å². The summed E-state index contributed by atoms with van der Waals surface area (Å²) >= 11 is 0. The summed E-state index contributed by atoms with van der Waals surface area (Å²) in [6.07, 6.45) is -0.169. The quantitative estimate of drug-likeness (QED) is 0.710. The van der Waals surface area contributed by atoms with Crippen LogP contribution in [0.1, 0.15) is 46.2 Å². The second-order valence-corrected chi connectivity index (χ2v) is 10.6. The summed E-state index contributed by atoms with van der Waals surface area (Å²) in [5, 5.41) is 11.6. The van der Waals surface area contributed by atoms with Gasteiger partial charge in [-0.25, -0.2) is 0 Å². The Morgan fingerprint density at radius 3 is 2.34 bits per heavy atom. The van der Waals surface area contributed by atoms with E-state index in [9.17, 15) is 5.11 Å². The van der Waals surface area contributed by atoms with E-state index in [0.717, 1.165) is 24.4 Å². The Morgan fingerprint density at radius 2 is 1.72 bits per heavy atom. The first-order valence-corrected chi connectivity index (χ1v) is 11.4. The Morgan fingerprint density at radius 1 is 1.07 bits per heavy atom. The molecule has 5 heteroatoms. The van der Waals surface area contributed by atoms with E-state index < -0.39 is 6.10 Å². The first-order chi connectivity index (χ1) is 13.7. The topological polar surface area (TPSA) is 41.9 Å². The van der Waals surface area contributed by atoms with E-state index in [-0.39, 0.29) is 23.5 Å². The maximum atomic E-state index is 10.6. The largest absolute Gasteiger partial charge is 0.492 e. The number of rotatable bonds is 7. The van der Waals surface area contributed by atoms with Gasteiger partial charge in [0.25, 0.3) is 0 Å². The summed E-state index contributed by atoms with van der Waals surface area (Å²) in [6, 6.07) is 18.6. The van der Waals surface area contributed by atoms with Crippen LogP contribution in [0.15, 0.2) is 54.6 Å². The summed E-state index contributed by atoms with van der Waals surface area (Å²) < 4.78 is 12.3. The monoisotopic (exact) mass is 411 g/mol. The highest BCUT2D eigenvalue weighted by Crippen LogP contribution is 2.31. The first-order valence-electron chi connectivity index (χ1n) is 10.4. The fraction of sp³-hybridized carbons (Fsp3) is 0.500. The maximum Gasteiger partial charge on any atom is 0.139 e. The minimum Gasteiger partial charge on any atom is -0.492 e. The molecular formula is C24H33NO3Si. The Hall–Kier alpha value is -1.66. The van der Waals surface area contributed by atoms with Crippen LogP contribution in [-0.4, -0.2) is 56.2 Å². The molecule has 0 saturated carbocycles. The highest BCUT2D eigenvalue weighted by molar-refractivity contribution is 6.56.